The largest absolute Gasteiger partial charge is 0.493 e. The van der Waals surface area contributed by atoms with Gasteiger partial charge in [0.1, 0.15) is 0 Å². The number of carbonyl (C=O) groups is 2. The molecule has 0 radical (unpaired) electrons. The van der Waals surface area contributed by atoms with Crippen LogP contribution in [-0.2, 0) is 9.59 Å². The second-order valence-electron chi connectivity index (χ2n) is 5.96. The van der Waals surface area contributed by atoms with Crippen molar-refractivity contribution in [3.63, 3.8) is 0 Å². The lowest BCUT2D eigenvalue weighted by molar-refractivity contribution is -0.118. The molecule has 0 saturated carbocycles. The Morgan fingerprint density at radius 2 is 1.85 bits per heavy atom. The van der Waals surface area contributed by atoms with Crippen LogP contribution in [0.5, 0.6) is 11.5 Å². The van der Waals surface area contributed by atoms with Crippen molar-refractivity contribution in [2.24, 2.45) is 5.73 Å². The molecule has 0 aliphatic heterocycles. The van der Waals surface area contributed by atoms with E-state index in [4.69, 9.17) is 15.2 Å². The lowest BCUT2D eigenvalue weighted by atomic mass is 10.1. The van der Waals surface area contributed by atoms with Crippen molar-refractivity contribution in [1.29, 1.82) is 0 Å². The fraction of sp³-hybridized carbons (Fsp3) is 0.238. The zero-order valence-corrected chi connectivity index (χ0v) is 15.8. The summed E-state index contributed by atoms with van der Waals surface area (Å²) in [6.07, 6.45) is 3.19. The minimum Gasteiger partial charge on any atom is -0.493 e. The molecule has 6 heteroatoms. The summed E-state index contributed by atoms with van der Waals surface area (Å²) in [5.74, 6) is 0.408. The lowest BCUT2D eigenvalue weighted by Crippen LogP contribution is -2.32. The lowest BCUT2D eigenvalue weighted by Gasteiger charge is -2.21. The van der Waals surface area contributed by atoms with Crippen LogP contribution in [0.15, 0.2) is 48.5 Å². The summed E-state index contributed by atoms with van der Waals surface area (Å²) in [5.41, 5.74) is 7.70. The Morgan fingerprint density at radius 1 is 1.11 bits per heavy atom. The molecule has 0 aliphatic rings. The third kappa shape index (κ3) is 5.34. The number of benzene rings is 2. The number of nitrogens with zero attached hydrogens (tertiary/aromatic N) is 1. The number of methoxy groups -OCH3 is 2. The summed E-state index contributed by atoms with van der Waals surface area (Å²) < 4.78 is 10.7. The van der Waals surface area contributed by atoms with Crippen LogP contribution in [0.4, 0.5) is 5.69 Å². The van der Waals surface area contributed by atoms with Gasteiger partial charge in [-0.2, -0.15) is 0 Å². The molecule has 0 fully saturated rings. The zero-order chi connectivity index (χ0) is 19.8. The van der Waals surface area contributed by atoms with E-state index in [0.29, 0.717) is 22.7 Å². The van der Waals surface area contributed by atoms with Crippen LogP contribution < -0.4 is 20.1 Å². The fourth-order valence-electron chi connectivity index (χ4n) is 2.68. The van der Waals surface area contributed by atoms with Crippen LogP contribution in [0.25, 0.3) is 6.08 Å². The molecule has 2 aromatic rings. The highest BCUT2D eigenvalue weighted by Gasteiger charge is 2.15. The maximum absolute atomic E-state index is 12.8. The normalized spacial score (nSPS) is 10.6. The second kappa shape index (κ2) is 9.43. The Kier molecular flexibility index (Phi) is 7.00. The first-order valence-electron chi connectivity index (χ1n) is 8.51. The average Bonchev–Trinajstić information content (AvgIpc) is 2.65. The maximum Gasteiger partial charge on any atom is 0.251 e. The average molecular weight is 368 g/mol. The molecule has 0 aliphatic carbocycles. The van der Waals surface area contributed by atoms with Gasteiger partial charge in [-0.1, -0.05) is 24.3 Å². The number of aryl methyl sites for hydroxylation is 1. The molecule has 0 bridgehead atoms. The topological polar surface area (TPSA) is 81.9 Å². The first-order chi connectivity index (χ1) is 13.0. The van der Waals surface area contributed by atoms with E-state index in [1.165, 1.54) is 11.0 Å². The van der Waals surface area contributed by atoms with E-state index in [9.17, 15) is 9.59 Å². The summed E-state index contributed by atoms with van der Waals surface area (Å²) >= 11 is 0. The van der Waals surface area contributed by atoms with E-state index in [1.807, 2.05) is 43.3 Å². The summed E-state index contributed by atoms with van der Waals surface area (Å²) in [5, 5.41) is 0. The highest BCUT2D eigenvalue weighted by atomic mass is 16.5. The molecule has 0 unspecified atom stereocenters. The van der Waals surface area contributed by atoms with Gasteiger partial charge in [-0.3, -0.25) is 9.59 Å². The van der Waals surface area contributed by atoms with E-state index in [1.54, 1.807) is 26.4 Å². The molecule has 0 atom stereocenters. The van der Waals surface area contributed by atoms with Gasteiger partial charge in [-0.15, -0.1) is 0 Å². The van der Waals surface area contributed by atoms with Crippen molar-refractivity contribution < 1.29 is 19.1 Å². The van der Waals surface area contributed by atoms with Crippen LogP contribution >= 0.6 is 0 Å². The number of nitrogens with two attached hydrogens (primary N) is 1. The number of para-hydroxylation sites is 1. The third-order valence-corrected chi connectivity index (χ3v) is 4.00. The van der Waals surface area contributed by atoms with E-state index < -0.39 is 5.91 Å². The second-order valence-corrected chi connectivity index (χ2v) is 5.96. The fourth-order valence-corrected chi connectivity index (χ4v) is 2.68. The minimum atomic E-state index is -0.459. The van der Waals surface area contributed by atoms with Gasteiger partial charge in [0.25, 0.3) is 5.91 Å². The molecular formula is C21H24N2O4. The molecule has 2 aromatic carbocycles. The molecule has 2 amide bonds. The maximum atomic E-state index is 12.8. The van der Waals surface area contributed by atoms with Crippen molar-refractivity contribution in [3.05, 3.63) is 59.7 Å². The number of rotatable bonds is 8. The molecule has 142 valence electrons. The Bertz CT molecular complexity index is 846. The number of hydrogen-bond donors (Lipinski definition) is 1. The molecule has 6 nitrogen and oxygen atoms in total. The van der Waals surface area contributed by atoms with Crippen molar-refractivity contribution in [2.75, 3.05) is 25.7 Å². The van der Waals surface area contributed by atoms with Crippen molar-refractivity contribution in [3.8, 4) is 11.5 Å². The Balaban J connectivity index is 2.30. The van der Waals surface area contributed by atoms with Gasteiger partial charge in [-0.05, 0) is 36.8 Å². The molecule has 27 heavy (non-hydrogen) atoms. The molecular weight excluding hydrogens is 344 g/mol. The van der Waals surface area contributed by atoms with Crippen molar-refractivity contribution in [2.45, 2.75) is 13.3 Å². The number of primary amides is 1. The summed E-state index contributed by atoms with van der Waals surface area (Å²) in [6, 6.07) is 12.9. The highest BCUT2D eigenvalue weighted by molar-refractivity contribution is 6.04. The van der Waals surface area contributed by atoms with Gasteiger partial charge in [0.2, 0.25) is 5.91 Å². The predicted octanol–water partition coefficient (Wildman–Crippen LogP) is 2.93. The van der Waals surface area contributed by atoms with Crippen LogP contribution in [-0.4, -0.2) is 32.6 Å². The Hall–Kier alpha value is -3.28. The van der Waals surface area contributed by atoms with Crippen molar-refractivity contribution >= 4 is 23.6 Å². The smallest absolute Gasteiger partial charge is 0.251 e. The Morgan fingerprint density at radius 3 is 2.48 bits per heavy atom. The van der Waals surface area contributed by atoms with E-state index >= 15 is 0 Å². The van der Waals surface area contributed by atoms with E-state index in [0.717, 1.165) is 5.56 Å². The molecule has 0 spiro atoms. The quantitative estimate of drug-likeness (QED) is 0.727. The number of amides is 2. The number of hydrogen-bond acceptors (Lipinski definition) is 4. The molecule has 0 heterocycles. The zero-order valence-electron chi connectivity index (χ0n) is 15.8. The number of anilines is 1. The highest BCUT2D eigenvalue weighted by Crippen LogP contribution is 2.31. The van der Waals surface area contributed by atoms with Crippen LogP contribution in [0.1, 0.15) is 17.5 Å². The van der Waals surface area contributed by atoms with Gasteiger partial charge >= 0.3 is 0 Å². The van der Waals surface area contributed by atoms with Gasteiger partial charge in [0, 0.05) is 30.3 Å². The van der Waals surface area contributed by atoms with Gasteiger partial charge in [0.15, 0.2) is 11.5 Å². The van der Waals surface area contributed by atoms with Gasteiger partial charge in [0.05, 0.1) is 14.2 Å². The Labute approximate surface area is 159 Å². The number of carbonyl (C=O) groups excluding carboxylic acids is 2. The van der Waals surface area contributed by atoms with Crippen LogP contribution in [0.3, 0.4) is 0 Å². The molecule has 2 N–H and O–H groups in total. The van der Waals surface area contributed by atoms with Crippen molar-refractivity contribution in [1.82, 2.24) is 0 Å². The van der Waals surface area contributed by atoms with Crippen LogP contribution in [0, 0.1) is 6.92 Å². The van der Waals surface area contributed by atoms with Crippen LogP contribution in [0.2, 0.25) is 0 Å². The van der Waals surface area contributed by atoms with E-state index in [2.05, 4.69) is 0 Å². The number of ether oxygens (including phenoxy) is 2. The first kappa shape index (κ1) is 20.0. The minimum absolute atomic E-state index is 0.0794. The molecule has 0 aromatic heterocycles. The van der Waals surface area contributed by atoms with Gasteiger partial charge in [-0.25, -0.2) is 0 Å². The summed E-state index contributed by atoms with van der Waals surface area (Å²) in [6.45, 7) is 2.15. The SMILES string of the molecule is COc1cccc(C=CC(=O)N(CCC(N)=O)c2cccc(C)c2)c1OC. The predicted molar refractivity (Wildman–Crippen MR) is 106 cm³/mol. The summed E-state index contributed by atoms with van der Waals surface area (Å²) in [7, 11) is 3.10. The molecule has 2 rings (SSSR count). The third-order valence-electron chi connectivity index (χ3n) is 4.00. The summed E-state index contributed by atoms with van der Waals surface area (Å²) in [4.78, 5) is 25.5. The van der Waals surface area contributed by atoms with E-state index in [-0.39, 0.29) is 18.9 Å². The standard InChI is InChI=1S/C21H24N2O4/c1-15-6-4-8-17(14-15)23(13-12-19(22)24)20(25)11-10-16-7-5-9-18(26-2)21(16)27-3/h4-11,14H,12-13H2,1-3H3,(H2,22,24). The first-order valence-corrected chi connectivity index (χ1v) is 8.51. The molecule has 0 saturated heterocycles. The monoisotopic (exact) mass is 368 g/mol. The van der Waals surface area contributed by atoms with Gasteiger partial charge < -0.3 is 20.1 Å².